The molecule has 18 heavy (non-hydrogen) atoms. The summed E-state index contributed by atoms with van der Waals surface area (Å²) in [6.07, 6.45) is 0.776. The fraction of sp³-hybridized carbons (Fsp3) is 0.385. The Hall–Kier alpha value is -2.04. The maximum Gasteiger partial charge on any atom is 0.325 e. The number of nitrogens with zero attached hydrogens (tertiary/aromatic N) is 1. The number of methoxy groups -OCH3 is 1. The van der Waals surface area contributed by atoms with Gasteiger partial charge in [0.2, 0.25) is 0 Å². The van der Waals surface area contributed by atoms with Gasteiger partial charge in [0.25, 0.3) is 5.91 Å². The van der Waals surface area contributed by atoms with Crippen LogP contribution in [0.5, 0.6) is 0 Å². The first-order valence-corrected chi connectivity index (χ1v) is 5.80. The molecule has 0 aromatic heterocycles. The Labute approximate surface area is 107 Å². The lowest BCUT2D eigenvalue weighted by molar-refractivity contribution is -0.141. The first kappa shape index (κ1) is 14.0. The highest BCUT2D eigenvalue weighted by atomic mass is 16.5. The molecule has 0 saturated heterocycles. The van der Waals surface area contributed by atoms with Gasteiger partial charge in [-0.3, -0.25) is 9.59 Å². The summed E-state index contributed by atoms with van der Waals surface area (Å²) < 4.78 is 4.58. The number of amides is 1. The van der Waals surface area contributed by atoms with Crippen LogP contribution < -0.4 is 5.73 Å². The summed E-state index contributed by atoms with van der Waals surface area (Å²) in [5.41, 5.74) is 6.68. The Balaban J connectivity index is 2.81. The van der Waals surface area contributed by atoms with Gasteiger partial charge < -0.3 is 15.4 Å². The van der Waals surface area contributed by atoms with Crippen molar-refractivity contribution in [2.24, 2.45) is 0 Å². The molecule has 0 radical (unpaired) electrons. The van der Waals surface area contributed by atoms with Crippen LogP contribution in [0.3, 0.4) is 0 Å². The van der Waals surface area contributed by atoms with E-state index in [9.17, 15) is 9.59 Å². The van der Waals surface area contributed by atoms with E-state index < -0.39 is 5.97 Å². The topological polar surface area (TPSA) is 72.6 Å². The van der Waals surface area contributed by atoms with E-state index in [0.717, 1.165) is 6.42 Å². The predicted molar refractivity (Wildman–Crippen MR) is 69.1 cm³/mol. The van der Waals surface area contributed by atoms with Gasteiger partial charge in [-0.05, 0) is 30.7 Å². The molecule has 1 aromatic carbocycles. The zero-order chi connectivity index (χ0) is 13.5. The molecule has 1 aromatic rings. The summed E-state index contributed by atoms with van der Waals surface area (Å²) in [6, 6.07) is 6.63. The molecule has 0 fully saturated rings. The maximum absolute atomic E-state index is 12.2. The van der Waals surface area contributed by atoms with Gasteiger partial charge in [0.15, 0.2) is 0 Å². The number of rotatable bonds is 5. The molecule has 1 rings (SSSR count). The molecule has 5 nitrogen and oxygen atoms in total. The molecule has 0 atom stereocenters. The smallest absolute Gasteiger partial charge is 0.325 e. The normalized spacial score (nSPS) is 9.89. The van der Waals surface area contributed by atoms with Crippen molar-refractivity contribution in [2.45, 2.75) is 13.3 Å². The zero-order valence-corrected chi connectivity index (χ0v) is 10.7. The number of nitrogens with two attached hydrogens (primary N) is 1. The van der Waals surface area contributed by atoms with E-state index in [-0.39, 0.29) is 12.5 Å². The Kier molecular flexibility index (Phi) is 5.17. The van der Waals surface area contributed by atoms with Gasteiger partial charge in [0.05, 0.1) is 7.11 Å². The predicted octanol–water partition coefficient (Wildman–Crippen LogP) is 1.29. The average molecular weight is 250 g/mol. The van der Waals surface area contributed by atoms with Gasteiger partial charge in [-0.2, -0.15) is 0 Å². The molecule has 0 heterocycles. The van der Waals surface area contributed by atoms with E-state index in [2.05, 4.69) is 4.74 Å². The molecule has 0 saturated carbocycles. The van der Waals surface area contributed by atoms with Crippen LogP contribution in [-0.2, 0) is 9.53 Å². The minimum atomic E-state index is -0.424. The number of benzene rings is 1. The van der Waals surface area contributed by atoms with Crippen LogP contribution in [0.15, 0.2) is 24.3 Å². The van der Waals surface area contributed by atoms with Crippen LogP contribution >= 0.6 is 0 Å². The SMILES string of the molecule is CCCN(CC(=O)OC)C(=O)c1ccc(N)cc1. The molecule has 1 amide bonds. The average Bonchev–Trinajstić information content (AvgIpc) is 2.38. The Bertz CT molecular complexity index is 415. The second kappa shape index (κ2) is 6.64. The van der Waals surface area contributed by atoms with E-state index in [0.29, 0.717) is 17.8 Å². The molecule has 5 heteroatoms. The van der Waals surface area contributed by atoms with Crippen LogP contribution in [0.4, 0.5) is 5.69 Å². The maximum atomic E-state index is 12.2. The molecule has 98 valence electrons. The van der Waals surface area contributed by atoms with E-state index in [4.69, 9.17) is 5.73 Å². The van der Waals surface area contributed by atoms with Crippen LogP contribution in [0.1, 0.15) is 23.7 Å². The Morgan fingerprint density at radius 2 is 1.89 bits per heavy atom. The van der Waals surface area contributed by atoms with E-state index in [1.165, 1.54) is 12.0 Å². The van der Waals surface area contributed by atoms with Gasteiger partial charge in [0, 0.05) is 17.8 Å². The lowest BCUT2D eigenvalue weighted by Crippen LogP contribution is -2.36. The molecule has 0 unspecified atom stereocenters. The van der Waals surface area contributed by atoms with Crippen molar-refractivity contribution in [1.29, 1.82) is 0 Å². The van der Waals surface area contributed by atoms with Gasteiger partial charge in [-0.1, -0.05) is 6.92 Å². The van der Waals surface area contributed by atoms with E-state index in [1.807, 2.05) is 6.92 Å². The van der Waals surface area contributed by atoms with Crippen molar-refractivity contribution in [3.63, 3.8) is 0 Å². The molecule has 2 N–H and O–H groups in total. The number of hydrogen-bond acceptors (Lipinski definition) is 4. The molecule has 0 spiro atoms. The summed E-state index contributed by atoms with van der Waals surface area (Å²) >= 11 is 0. The second-order valence-electron chi connectivity index (χ2n) is 3.92. The third kappa shape index (κ3) is 3.76. The first-order valence-electron chi connectivity index (χ1n) is 5.80. The van der Waals surface area contributed by atoms with Gasteiger partial charge in [-0.25, -0.2) is 0 Å². The quantitative estimate of drug-likeness (QED) is 0.631. The van der Waals surface area contributed by atoms with Crippen molar-refractivity contribution < 1.29 is 14.3 Å². The Morgan fingerprint density at radius 1 is 1.28 bits per heavy atom. The largest absolute Gasteiger partial charge is 0.468 e. The molecular formula is C13H18N2O3. The van der Waals surface area contributed by atoms with Crippen molar-refractivity contribution >= 4 is 17.6 Å². The minimum Gasteiger partial charge on any atom is -0.468 e. The lowest BCUT2D eigenvalue weighted by Gasteiger charge is -2.20. The summed E-state index contributed by atoms with van der Waals surface area (Å²) in [6.45, 7) is 2.42. The number of nitrogen functional groups attached to an aromatic ring is 1. The minimum absolute atomic E-state index is 0.0342. The highest BCUT2D eigenvalue weighted by molar-refractivity contribution is 5.96. The molecule has 0 bridgehead atoms. The van der Waals surface area contributed by atoms with Crippen molar-refractivity contribution in [3.05, 3.63) is 29.8 Å². The molecular weight excluding hydrogens is 232 g/mol. The van der Waals surface area contributed by atoms with Gasteiger partial charge in [0.1, 0.15) is 6.54 Å². The molecule has 0 aliphatic carbocycles. The summed E-state index contributed by atoms with van der Waals surface area (Å²) in [5, 5.41) is 0. The first-order chi connectivity index (χ1) is 8.58. The highest BCUT2D eigenvalue weighted by Crippen LogP contribution is 2.09. The number of hydrogen-bond donors (Lipinski definition) is 1. The molecule has 0 aliphatic heterocycles. The number of carbonyl (C=O) groups excluding carboxylic acids is 2. The fourth-order valence-corrected chi connectivity index (χ4v) is 1.55. The standard InChI is InChI=1S/C13H18N2O3/c1-3-8-15(9-12(16)18-2)13(17)10-4-6-11(14)7-5-10/h4-7H,3,8-9,14H2,1-2H3. The van der Waals surface area contributed by atoms with Crippen LogP contribution in [-0.4, -0.2) is 37.0 Å². The van der Waals surface area contributed by atoms with Crippen LogP contribution in [0, 0.1) is 0 Å². The monoisotopic (exact) mass is 250 g/mol. The number of esters is 1. The molecule has 0 aliphatic rings. The van der Waals surface area contributed by atoms with E-state index >= 15 is 0 Å². The van der Waals surface area contributed by atoms with Crippen molar-refractivity contribution in [1.82, 2.24) is 4.90 Å². The summed E-state index contributed by atoms with van der Waals surface area (Å²) in [5.74, 6) is -0.616. The number of carbonyl (C=O) groups is 2. The summed E-state index contributed by atoms with van der Waals surface area (Å²) in [7, 11) is 1.31. The van der Waals surface area contributed by atoms with E-state index in [1.54, 1.807) is 24.3 Å². The van der Waals surface area contributed by atoms with Crippen LogP contribution in [0.25, 0.3) is 0 Å². The third-order valence-corrected chi connectivity index (χ3v) is 2.49. The third-order valence-electron chi connectivity index (χ3n) is 2.49. The fourth-order valence-electron chi connectivity index (χ4n) is 1.55. The lowest BCUT2D eigenvalue weighted by atomic mass is 10.2. The van der Waals surface area contributed by atoms with Gasteiger partial charge in [-0.15, -0.1) is 0 Å². The highest BCUT2D eigenvalue weighted by Gasteiger charge is 2.18. The zero-order valence-electron chi connectivity index (χ0n) is 10.7. The van der Waals surface area contributed by atoms with Crippen LogP contribution in [0.2, 0.25) is 0 Å². The Morgan fingerprint density at radius 3 is 2.39 bits per heavy atom. The second-order valence-corrected chi connectivity index (χ2v) is 3.92. The summed E-state index contributed by atoms with van der Waals surface area (Å²) in [4.78, 5) is 24.9. The van der Waals surface area contributed by atoms with Crippen molar-refractivity contribution in [3.8, 4) is 0 Å². The number of ether oxygens (including phenoxy) is 1. The number of anilines is 1. The van der Waals surface area contributed by atoms with Crippen molar-refractivity contribution in [2.75, 3.05) is 25.9 Å². The van der Waals surface area contributed by atoms with Gasteiger partial charge >= 0.3 is 5.97 Å².